The van der Waals surface area contributed by atoms with E-state index < -0.39 is 10.8 Å². The van der Waals surface area contributed by atoms with Gasteiger partial charge in [0.05, 0.1) is 16.6 Å². The predicted octanol–water partition coefficient (Wildman–Crippen LogP) is 5.77. The Hall–Kier alpha value is -4.35. The third-order valence-corrected chi connectivity index (χ3v) is 4.89. The third-order valence-electron chi connectivity index (χ3n) is 4.60. The third kappa shape index (κ3) is 6.58. The average Bonchev–Trinajstić information content (AvgIpc) is 2.83. The van der Waals surface area contributed by atoms with Gasteiger partial charge >= 0.3 is 0 Å². The summed E-state index contributed by atoms with van der Waals surface area (Å²) in [5.41, 5.74) is 1.72. The number of nitrogens with one attached hydrogen (secondary N) is 1. The van der Waals surface area contributed by atoms with Gasteiger partial charge in [0, 0.05) is 17.8 Å². The average molecular weight is 478 g/mol. The molecule has 172 valence electrons. The van der Waals surface area contributed by atoms with E-state index in [0.29, 0.717) is 34.4 Å². The molecule has 0 aliphatic carbocycles. The number of anilines is 1. The molecule has 8 nitrogen and oxygen atoms in total. The van der Waals surface area contributed by atoms with Crippen LogP contribution in [-0.2, 0) is 11.4 Å². The number of nitriles is 1. The fourth-order valence-electron chi connectivity index (χ4n) is 2.91. The van der Waals surface area contributed by atoms with Crippen molar-refractivity contribution in [3.63, 3.8) is 0 Å². The van der Waals surface area contributed by atoms with Crippen molar-refractivity contribution in [2.75, 3.05) is 11.9 Å². The van der Waals surface area contributed by atoms with E-state index in [1.165, 1.54) is 18.2 Å². The molecule has 0 fully saturated rings. The first-order valence-electron chi connectivity index (χ1n) is 10.2. The van der Waals surface area contributed by atoms with Gasteiger partial charge in [-0.05, 0) is 72.7 Å². The Kier molecular flexibility index (Phi) is 8.21. The normalized spacial score (nSPS) is 10.8. The monoisotopic (exact) mass is 477 g/mol. The van der Waals surface area contributed by atoms with E-state index in [0.717, 1.165) is 5.56 Å². The van der Waals surface area contributed by atoms with Crippen LogP contribution in [-0.4, -0.2) is 17.4 Å². The molecular weight excluding hydrogens is 458 g/mol. The van der Waals surface area contributed by atoms with Crippen LogP contribution in [0.15, 0.2) is 72.3 Å². The van der Waals surface area contributed by atoms with Crippen molar-refractivity contribution in [3.05, 3.63) is 98.6 Å². The highest BCUT2D eigenvalue weighted by Gasteiger charge is 2.11. The van der Waals surface area contributed by atoms with Crippen LogP contribution >= 0.6 is 11.6 Å². The number of carbonyl (C=O) groups excluding carboxylic acids is 1. The molecule has 0 aliphatic heterocycles. The number of amides is 1. The summed E-state index contributed by atoms with van der Waals surface area (Å²) in [5, 5.41) is 23.1. The molecule has 0 aliphatic rings. The molecule has 0 heterocycles. The number of nitro groups is 1. The maximum Gasteiger partial charge on any atom is 0.269 e. The molecule has 0 atom stereocenters. The van der Waals surface area contributed by atoms with E-state index in [1.54, 1.807) is 54.6 Å². The Morgan fingerprint density at radius 1 is 1.12 bits per heavy atom. The molecule has 1 N–H and O–H groups in total. The SMILES string of the molecule is CCOc1ccc(NC(=O)/C(C#N)=C/c2ccc(OCc3ccc([N+](=O)[O-])cc3)c(Cl)c2)cc1. The summed E-state index contributed by atoms with van der Waals surface area (Å²) in [4.78, 5) is 22.8. The fraction of sp³-hybridized carbons (Fsp3) is 0.120. The first-order chi connectivity index (χ1) is 16.4. The lowest BCUT2D eigenvalue weighted by molar-refractivity contribution is -0.384. The second-order valence-corrected chi connectivity index (χ2v) is 7.39. The molecular formula is C25H20ClN3O5. The van der Waals surface area contributed by atoms with Crippen LogP contribution in [0.1, 0.15) is 18.1 Å². The van der Waals surface area contributed by atoms with Crippen molar-refractivity contribution in [2.24, 2.45) is 0 Å². The van der Waals surface area contributed by atoms with E-state index in [-0.39, 0.29) is 17.9 Å². The smallest absolute Gasteiger partial charge is 0.269 e. The van der Waals surface area contributed by atoms with Crippen molar-refractivity contribution in [3.8, 4) is 17.6 Å². The van der Waals surface area contributed by atoms with E-state index >= 15 is 0 Å². The van der Waals surface area contributed by atoms with Gasteiger partial charge in [0.25, 0.3) is 11.6 Å². The van der Waals surface area contributed by atoms with Crippen molar-refractivity contribution in [1.82, 2.24) is 0 Å². The molecule has 34 heavy (non-hydrogen) atoms. The number of benzene rings is 3. The molecule has 0 aromatic heterocycles. The number of rotatable bonds is 9. The summed E-state index contributed by atoms with van der Waals surface area (Å²) in [6, 6.07) is 19.6. The number of hydrogen-bond acceptors (Lipinski definition) is 6. The molecule has 3 rings (SSSR count). The molecule has 9 heteroatoms. The van der Waals surface area contributed by atoms with Gasteiger partial charge in [0.1, 0.15) is 29.7 Å². The summed E-state index contributed by atoms with van der Waals surface area (Å²) in [6.07, 6.45) is 1.43. The molecule has 3 aromatic rings. The maximum absolute atomic E-state index is 12.5. The van der Waals surface area contributed by atoms with Crippen LogP contribution in [0.5, 0.6) is 11.5 Å². The highest BCUT2D eigenvalue weighted by molar-refractivity contribution is 6.32. The van der Waals surface area contributed by atoms with Crippen LogP contribution in [0.2, 0.25) is 5.02 Å². The van der Waals surface area contributed by atoms with E-state index in [4.69, 9.17) is 21.1 Å². The number of non-ortho nitro benzene ring substituents is 1. The Bertz CT molecular complexity index is 1250. The molecule has 0 saturated heterocycles. The first kappa shape index (κ1) is 24.3. The summed E-state index contributed by atoms with van der Waals surface area (Å²) in [7, 11) is 0. The van der Waals surface area contributed by atoms with Gasteiger partial charge in [-0.25, -0.2) is 0 Å². The topological polar surface area (TPSA) is 114 Å². The number of ether oxygens (including phenoxy) is 2. The zero-order chi connectivity index (χ0) is 24.5. The van der Waals surface area contributed by atoms with E-state index in [2.05, 4.69) is 5.32 Å². The van der Waals surface area contributed by atoms with Crippen molar-refractivity contribution in [2.45, 2.75) is 13.5 Å². The van der Waals surface area contributed by atoms with Gasteiger partial charge in [-0.2, -0.15) is 5.26 Å². The van der Waals surface area contributed by atoms with Gasteiger partial charge in [-0.1, -0.05) is 17.7 Å². The van der Waals surface area contributed by atoms with Gasteiger partial charge in [-0.3, -0.25) is 14.9 Å². The Balaban J connectivity index is 1.65. The summed E-state index contributed by atoms with van der Waals surface area (Å²) in [6.45, 7) is 2.58. The second kappa shape index (κ2) is 11.5. The first-order valence-corrected chi connectivity index (χ1v) is 10.6. The van der Waals surface area contributed by atoms with Crippen LogP contribution in [0.25, 0.3) is 6.08 Å². The minimum absolute atomic E-state index is 0.00205. The number of halogens is 1. The van der Waals surface area contributed by atoms with E-state index in [9.17, 15) is 20.2 Å². The Morgan fingerprint density at radius 2 is 1.82 bits per heavy atom. The minimum Gasteiger partial charge on any atom is -0.494 e. The van der Waals surface area contributed by atoms with Crippen molar-refractivity contribution < 1.29 is 19.2 Å². The predicted molar refractivity (Wildman–Crippen MR) is 129 cm³/mol. The van der Waals surface area contributed by atoms with Crippen molar-refractivity contribution in [1.29, 1.82) is 5.26 Å². The lowest BCUT2D eigenvalue weighted by Gasteiger charge is -2.09. The van der Waals surface area contributed by atoms with Crippen LogP contribution in [0.3, 0.4) is 0 Å². The molecule has 0 saturated carbocycles. The molecule has 0 unspecified atom stereocenters. The standard InChI is InChI=1S/C25H20ClN3O5/c1-2-33-22-10-6-20(7-11-22)28-25(30)19(15-27)13-18-5-12-24(23(26)14-18)34-16-17-3-8-21(9-4-17)29(31)32/h3-14H,2,16H2,1H3,(H,28,30)/b19-13+. The highest BCUT2D eigenvalue weighted by Crippen LogP contribution is 2.28. The van der Waals surface area contributed by atoms with Crippen molar-refractivity contribution >= 4 is 35.0 Å². The van der Waals surface area contributed by atoms with Gasteiger partial charge < -0.3 is 14.8 Å². The lowest BCUT2D eigenvalue weighted by Crippen LogP contribution is -2.13. The van der Waals surface area contributed by atoms with Gasteiger partial charge in [0.2, 0.25) is 0 Å². The number of nitro benzene ring substituents is 1. The highest BCUT2D eigenvalue weighted by atomic mass is 35.5. The zero-order valence-electron chi connectivity index (χ0n) is 18.2. The van der Waals surface area contributed by atoms with Crippen LogP contribution in [0, 0.1) is 21.4 Å². The zero-order valence-corrected chi connectivity index (χ0v) is 18.9. The molecule has 1 amide bonds. The maximum atomic E-state index is 12.5. The summed E-state index contributed by atoms with van der Waals surface area (Å²) in [5.74, 6) is 0.526. The molecule has 0 bridgehead atoms. The number of hydrogen-bond donors (Lipinski definition) is 1. The van der Waals surface area contributed by atoms with Crippen LogP contribution < -0.4 is 14.8 Å². The molecule has 0 radical (unpaired) electrons. The van der Waals surface area contributed by atoms with E-state index in [1.807, 2.05) is 13.0 Å². The molecule has 0 spiro atoms. The quantitative estimate of drug-likeness (QED) is 0.181. The molecule has 3 aromatic carbocycles. The number of carbonyl (C=O) groups is 1. The summed E-state index contributed by atoms with van der Waals surface area (Å²) < 4.78 is 11.1. The summed E-state index contributed by atoms with van der Waals surface area (Å²) >= 11 is 6.30. The largest absolute Gasteiger partial charge is 0.494 e. The van der Waals surface area contributed by atoms with Crippen LogP contribution in [0.4, 0.5) is 11.4 Å². The van der Waals surface area contributed by atoms with Gasteiger partial charge in [0.15, 0.2) is 0 Å². The Morgan fingerprint density at radius 3 is 2.41 bits per heavy atom. The Labute approximate surface area is 201 Å². The second-order valence-electron chi connectivity index (χ2n) is 6.98. The van der Waals surface area contributed by atoms with Gasteiger partial charge in [-0.15, -0.1) is 0 Å². The minimum atomic E-state index is -0.554. The number of nitrogens with zero attached hydrogens (tertiary/aromatic N) is 2. The fourth-order valence-corrected chi connectivity index (χ4v) is 3.16. The lowest BCUT2D eigenvalue weighted by atomic mass is 10.1.